The molecule has 6 nitrogen and oxygen atoms in total. The average Bonchev–Trinajstić information content (AvgIpc) is 2.44. The summed E-state index contributed by atoms with van der Waals surface area (Å²) < 4.78 is 0. The fourth-order valence-electron chi connectivity index (χ4n) is 3.24. The van der Waals surface area contributed by atoms with Gasteiger partial charge < -0.3 is 10.0 Å². The lowest BCUT2D eigenvalue weighted by Gasteiger charge is -2.43. The number of amides is 3. The van der Waals surface area contributed by atoms with Crippen LogP contribution in [0.4, 0.5) is 4.79 Å². The zero-order valence-electron chi connectivity index (χ0n) is 11.4. The van der Waals surface area contributed by atoms with Gasteiger partial charge in [-0.3, -0.25) is 10.1 Å². The molecule has 20 heavy (non-hydrogen) atoms. The van der Waals surface area contributed by atoms with E-state index in [-0.39, 0.29) is 6.04 Å². The average molecular weight is 280 g/mol. The van der Waals surface area contributed by atoms with Crippen molar-refractivity contribution in [1.29, 1.82) is 0 Å². The maximum absolute atomic E-state index is 12.1. The van der Waals surface area contributed by atoms with E-state index in [9.17, 15) is 14.4 Å². The van der Waals surface area contributed by atoms with E-state index < -0.39 is 17.9 Å². The molecule has 2 atom stereocenters. The van der Waals surface area contributed by atoms with Crippen LogP contribution in [0.2, 0.25) is 0 Å². The molecule has 0 aromatic rings. The Kier molecular flexibility index (Phi) is 4.76. The minimum absolute atomic E-state index is 0.230. The zero-order valence-corrected chi connectivity index (χ0v) is 11.4. The maximum Gasteiger partial charge on any atom is 0.328 e. The van der Waals surface area contributed by atoms with Crippen LogP contribution in [-0.2, 0) is 9.59 Å². The molecule has 1 aliphatic carbocycles. The van der Waals surface area contributed by atoms with E-state index >= 15 is 0 Å². The van der Waals surface area contributed by atoms with E-state index in [1.165, 1.54) is 6.42 Å². The Balaban J connectivity index is 1.93. The maximum atomic E-state index is 12.1. The van der Waals surface area contributed by atoms with Crippen molar-refractivity contribution in [2.45, 2.75) is 44.6 Å². The molecule has 0 radical (unpaired) electrons. The summed E-state index contributed by atoms with van der Waals surface area (Å²) in [4.78, 5) is 35.6. The first-order chi connectivity index (χ1) is 9.58. The van der Waals surface area contributed by atoms with Crippen LogP contribution < -0.4 is 5.32 Å². The summed E-state index contributed by atoms with van der Waals surface area (Å²) in [5, 5.41) is 10.7. The minimum Gasteiger partial charge on any atom is -0.478 e. The summed E-state index contributed by atoms with van der Waals surface area (Å²) in [5.41, 5.74) is 0. The molecule has 0 spiro atoms. The first-order valence-corrected chi connectivity index (χ1v) is 7.10. The highest BCUT2D eigenvalue weighted by molar-refractivity contribution is 6.02. The van der Waals surface area contributed by atoms with E-state index in [0.29, 0.717) is 12.5 Å². The van der Waals surface area contributed by atoms with E-state index in [0.717, 1.165) is 44.3 Å². The fourth-order valence-corrected chi connectivity index (χ4v) is 3.24. The number of carbonyl (C=O) groups excluding carboxylic acids is 2. The van der Waals surface area contributed by atoms with Crippen molar-refractivity contribution in [3.8, 4) is 0 Å². The first-order valence-electron chi connectivity index (χ1n) is 7.10. The summed E-state index contributed by atoms with van der Waals surface area (Å²) in [6.45, 7) is 0.670. The quantitative estimate of drug-likeness (QED) is 0.751. The van der Waals surface area contributed by atoms with Gasteiger partial charge in [-0.25, -0.2) is 9.59 Å². The molecule has 2 rings (SSSR count). The lowest BCUT2D eigenvalue weighted by atomic mass is 9.78. The fraction of sp³-hybridized carbons (Fsp3) is 0.643. The van der Waals surface area contributed by atoms with E-state index in [4.69, 9.17) is 5.11 Å². The molecule has 3 amide bonds. The summed E-state index contributed by atoms with van der Waals surface area (Å²) in [6.07, 6.45) is 8.20. The van der Waals surface area contributed by atoms with Gasteiger partial charge in [0.25, 0.3) is 5.91 Å². The Morgan fingerprint density at radius 3 is 2.50 bits per heavy atom. The van der Waals surface area contributed by atoms with Crippen LogP contribution in [0, 0.1) is 5.92 Å². The molecule has 2 aliphatic rings. The van der Waals surface area contributed by atoms with Crippen LogP contribution in [0.25, 0.3) is 0 Å². The van der Waals surface area contributed by atoms with Gasteiger partial charge in [0.1, 0.15) is 0 Å². The monoisotopic (exact) mass is 280 g/mol. The van der Waals surface area contributed by atoms with Crippen LogP contribution in [-0.4, -0.2) is 40.5 Å². The highest BCUT2D eigenvalue weighted by Crippen LogP contribution is 2.35. The van der Waals surface area contributed by atoms with Gasteiger partial charge in [0.05, 0.1) is 0 Å². The third kappa shape index (κ3) is 3.59. The van der Waals surface area contributed by atoms with Crippen LogP contribution in [0.5, 0.6) is 0 Å². The van der Waals surface area contributed by atoms with Crippen LogP contribution in [0.3, 0.4) is 0 Å². The molecule has 2 N–H and O–H groups in total. The number of nitrogens with zero attached hydrogens (tertiary/aromatic N) is 1. The van der Waals surface area contributed by atoms with Crippen molar-refractivity contribution in [3.63, 3.8) is 0 Å². The number of carboxylic acids is 1. The predicted octanol–water partition coefficient (Wildman–Crippen LogP) is 1.52. The number of carbonyl (C=O) groups is 3. The molecule has 0 aromatic heterocycles. The number of hydrogen-bond acceptors (Lipinski definition) is 3. The number of urea groups is 1. The summed E-state index contributed by atoms with van der Waals surface area (Å²) in [6, 6.07) is -0.171. The molecule has 1 saturated heterocycles. The van der Waals surface area contributed by atoms with Gasteiger partial charge >= 0.3 is 12.0 Å². The number of piperidine rings is 1. The molecule has 1 aliphatic heterocycles. The molecule has 110 valence electrons. The summed E-state index contributed by atoms with van der Waals surface area (Å²) in [7, 11) is 0. The van der Waals surface area contributed by atoms with Crippen LogP contribution in [0.1, 0.15) is 38.5 Å². The second-order valence-electron chi connectivity index (χ2n) is 5.41. The molecular weight excluding hydrogens is 260 g/mol. The van der Waals surface area contributed by atoms with Crippen molar-refractivity contribution in [2.75, 3.05) is 6.54 Å². The van der Waals surface area contributed by atoms with E-state index in [1.54, 1.807) is 4.90 Å². The predicted molar refractivity (Wildman–Crippen MR) is 72.0 cm³/mol. The van der Waals surface area contributed by atoms with Gasteiger partial charge in [0.15, 0.2) is 0 Å². The van der Waals surface area contributed by atoms with Crippen LogP contribution >= 0.6 is 0 Å². The van der Waals surface area contributed by atoms with Crippen molar-refractivity contribution < 1.29 is 19.5 Å². The number of aliphatic carboxylic acids is 1. The molecule has 1 heterocycles. The Hall–Kier alpha value is -1.85. The number of carboxylic acid groups (broad SMARTS) is 1. The number of likely N-dealkylation sites (tertiary alicyclic amines) is 1. The topological polar surface area (TPSA) is 86.7 Å². The number of nitrogens with one attached hydrogen (secondary N) is 1. The molecule has 1 saturated carbocycles. The highest BCUT2D eigenvalue weighted by Gasteiger charge is 2.35. The Labute approximate surface area is 117 Å². The number of imide groups is 1. The van der Waals surface area contributed by atoms with Gasteiger partial charge in [-0.2, -0.15) is 0 Å². The number of fused-ring (bicyclic) bond motifs is 1. The molecule has 2 fully saturated rings. The zero-order chi connectivity index (χ0) is 14.5. The van der Waals surface area contributed by atoms with Crippen LogP contribution in [0.15, 0.2) is 12.2 Å². The smallest absolute Gasteiger partial charge is 0.328 e. The lowest BCUT2D eigenvalue weighted by molar-refractivity contribution is -0.131. The molecule has 0 bridgehead atoms. The third-order valence-electron chi connectivity index (χ3n) is 4.11. The van der Waals surface area contributed by atoms with Gasteiger partial charge in [0, 0.05) is 24.7 Å². The van der Waals surface area contributed by atoms with E-state index in [2.05, 4.69) is 5.32 Å². The highest BCUT2D eigenvalue weighted by atomic mass is 16.4. The standard InChI is InChI=1S/C14H20N2O4/c17-12(7-8-13(18)19)15-14(20)16-9-3-5-10-4-1-2-6-11(10)16/h7-8,10-11H,1-6,9H2,(H,18,19)(H,15,17,20)/b8-7+/t10-,11-/m1/s1. The molecule has 0 unspecified atom stereocenters. The molecule has 6 heteroatoms. The number of rotatable bonds is 2. The Morgan fingerprint density at radius 1 is 1.05 bits per heavy atom. The van der Waals surface area contributed by atoms with Gasteiger partial charge in [-0.15, -0.1) is 0 Å². The third-order valence-corrected chi connectivity index (χ3v) is 4.11. The van der Waals surface area contributed by atoms with Gasteiger partial charge in [-0.1, -0.05) is 12.8 Å². The van der Waals surface area contributed by atoms with Crippen molar-refractivity contribution >= 4 is 17.9 Å². The van der Waals surface area contributed by atoms with E-state index in [1.807, 2.05) is 0 Å². The Bertz CT molecular complexity index is 431. The summed E-state index contributed by atoms with van der Waals surface area (Å²) in [5.74, 6) is -1.35. The second kappa shape index (κ2) is 6.54. The van der Waals surface area contributed by atoms with Crippen molar-refractivity contribution in [1.82, 2.24) is 10.2 Å². The normalized spacial score (nSPS) is 26.1. The van der Waals surface area contributed by atoms with Crippen molar-refractivity contribution in [3.05, 3.63) is 12.2 Å². The molecular formula is C14H20N2O4. The van der Waals surface area contributed by atoms with Gasteiger partial charge in [0.2, 0.25) is 0 Å². The summed E-state index contributed by atoms with van der Waals surface area (Å²) >= 11 is 0. The lowest BCUT2D eigenvalue weighted by Crippen LogP contribution is -2.53. The minimum atomic E-state index is -1.21. The largest absolute Gasteiger partial charge is 0.478 e. The van der Waals surface area contributed by atoms with Crippen molar-refractivity contribution in [2.24, 2.45) is 5.92 Å². The number of hydrogen-bond donors (Lipinski definition) is 2. The second-order valence-corrected chi connectivity index (χ2v) is 5.41. The Morgan fingerprint density at radius 2 is 1.75 bits per heavy atom. The molecule has 0 aromatic carbocycles. The van der Waals surface area contributed by atoms with Gasteiger partial charge in [-0.05, 0) is 31.6 Å². The first kappa shape index (κ1) is 14.6. The SMILES string of the molecule is O=C(O)/C=C/C(=O)NC(=O)N1CCC[C@H]2CCCC[C@H]21.